The maximum absolute atomic E-state index is 12.6. The van der Waals surface area contributed by atoms with Crippen molar-refractivity contribution in [3.63, 3.8) is 0 Å². The smallest absolute Gasteiger partial charge is 0.239 e. The number of aryl methyl sites for hydroxylation is 1. The van der Waals surface area contributed by atoms with E-state index in [1.165, 1.54) is 21.8 Å². The third-order valence-corrected chi connectivity index (χ3v) is 4.69. The van der Waals surface area contributed by atoms with E-state index < -0.39 is 0 Å². The van der Waals surface area contributed by atoms with E-state index in [2.05, 4.69) is 4.98 Å². The number of rotatable bonds is 3. The highest BCUT2D eigenvalue weighted by atomic mass is 32.1. The van der Waals surface area contributed by atoms with Crippen molar-refractivity contribution in [1.82, 2.24) is 4.98 Å². The maximum atomic E-state index is 12.6. The van der Waals surface area contributed by atoms with Crippen LogP contribution in [0.1, 0.15) is 18.1 Å². The number of benzene rings is 1. The van der Waals surface area contributed by atoms with Crippen LogP contribution in [0.4, 0.5) is 5.13 Å². The van der Waals surface area contributed by atoms with Crippen molar-refractivity contribution in [1.29, 1.82) is 0 Å². The van der Waals surface area contributed by atoms with E-state index in [9.17, 15) is 9.59 Å². The van der Waals surface area contributed by atoms with Crippen molar-refractivity contribution in [3.8, 4) is 0 Å². The van der Waals surface area contributed by atoms with Gasteiger partial charge in [-0.15, -0.1) is 11.3 Å². The number of amides is 2. The molecule has 1 aliphatic heterocycles. The molecule has 5 heteroatoms. The number of hydrogen-bond donors (Lipinski definition) is 0. The first-order valence-corrected chi connectivity index (χ1v) is 7.78. The Morgan fingerprint density at radius 2 is 1.90 bits per heavy atom. The van der Waals surface area contributed by atoms with Crippen LogP contribution in [0.5, 0.6) is 0 Å². The van der Waals surface area contributed by atoms with Gasteiger partial charge >= 0.3 is 0 Å². The molecule has 1 aliphatic rings. The van der Waals surface area contributed by atoms with Gasteiger partial charge in [-0.1, -0.05) is 36.8 Å². The zero-order valence-electron chi connectivity index (χ0n) is 11.9. The largest absolute Gasteiger partial charge is 0.274 e. The van der Waals surface area contributed by atoms with Gasteiger partial charge in [0.05, 0.1) is 5.92 Å². The lowest BCUT2D eigenvalue weighted by molar-refractivity contribution is -0.122. The van der Waals surface area contributed by atoms with Gasteiger partial charge in [-0.05, 0) is 18.9 Å². The van der Waals surface area contributed by atoms with Crippen LogP contribution in [-0.2, 0) is 16.0 Å². The van der Waals surface area contributed by atoms with E-state index >= 15 is 0 Å². The van der Waals surface area contributed by atoms with Gasteiger partial charge < -0.3 is 0 Å². The fourth-order valence-corrected chi connectivity index (χ4v) is 3.27. The Balaban J connectivity index is 1.85. The predicted octanol–water partition coefficient (Wildman–Crippen LogP) is 2.82. The maximum Gasteiger partial charge on any atom is 0.239 e. The molecule has 2 aromatic rings. The van der Waals surface area contributed by atoms with Gasteiger partial charge in [0.25, 0.3) is 0 Å². The minimum absolute atomic E-state index is 0.136. The number of anilines is 1. The Hall–Kier alpha value is -2.01. The van der Waals surface area contributed by atoms with Gasteiger partial charge in [0, 0.05) is 17.5 Å². The standard InChI is InChI=1S/C16H16N2O2S/c1-10-3-5-12(6-4-10)9-13-11(2)14(19)18(15(13)20)16-17-7-8-21-16/h3-8,11,13H,9H2,1-2H3/t11-,13-/m0/s1. The van der Waals surface area contributed by atoms with E-state index in [0.29, 0.717) is 11.6 Å². The molecule has 3 rings (SSSR count). The molecule has 21 heavy (non-hydrogen) atoms. The first kappa shape index (κ1) is 13.9. The van der Waals surface area contributed by atoms with Crippen LogP contribution in [-0.4, -0.2) is 16.8 Å². The molecule has 0 unspecified atom stereocenters. The summed E-state index contributed by atoms with van der Waals surface area (Å²) in [5.41, 5.74) is 2.27. The summed E-state index contributed by atoms with van der Waals surface area (Å²) in [5.74, 6) is -0.887. The number of carbonyl (C=O) groups excluding carboxylic acids is 2. The molecule has 0 radical (unpaired) electrons. The number of carbonyl (C=O) groups is 2. The van der Waals surface area contributed by atoms with Crippen molar-refractivity contribution in [2.45, 2.75) is 20.3 Å². The Morgan fingerprint density at radius 3 is 2.52 bits per heavy atom. The normalized spacial score (nSPS) is 22.1. The lowest BCUT2D eigenvalue weighted by atomic mass is 9.90. The molecular weight excluding hydrogens is 284 g/mol. The van der Waals surface area contributed by atoms with Crippen molar-refractivity contribution in [2.24, 2.45) is 11.8 Å². The summed E-state index contributed by atoms with van der Waals surface area (Å²) in [5, 5.41) is 2.25. The van der Waals surface area contributed by atoms with Crippen LogP contribution in [0.2, 0.25) is 0 Å². The number of aromatic nitrogens is 1. The molecule has 2 atom stereocenters. The molecule has 108 valence electrons. The van der Waals surface area contributed by atoms with Crippen molar-refractivity contribution >= 4 is 28.3 Å². The van der Waals surface area contributed by atoms with Crippen molar-refractivity contribution in [2.75, 3.05) is 4.90 Å². The van der Waals surface area contributed by atoms with E-state index in [0.717, 1.165) is 5.56 Å². The Kier molecular flexibility index (Phi) is 3.59. The van der Waals surface area contributed by atoms with E-state index in [4.69, 9.17) is 0 Å². The Bertz CT molecular complexity index is 664. The fourth-order valence-electron chi connectivity index (χ4n) is 2.62. The summed E-state index contributed by atoms with van der Waals surface area (Å²) in [7, 11) is 0. The first-order chi connectivity index (χ1) is 10.1. The molecule has 1 aromatic heterocycles. The van der Waals surface area contributed by atoms with Crippen LogP contribution in [0.25, 0.3) is 0 Å². The molecule has 4 nitrogen and oxygen atoms in total. The van der Waals surface area contributed by atoms with Crippen molar-refractivity contribution < 1.29 is 9.59 Å². The second-order valence-electron chi connectivity index (χ2n) is 5.41. The average molecular weight is 300 g/mol. The van der Waals surface area contributed by atoms with Crippen LogP contribution in [0.3, 0.4) is 0 Å². The summed E-state index contributed by atoms with van der Waals surface area (Å²) < 4.78 is 0. The summed E-state index contributed by atoms with van der Waals surface area (Å²) in [4.78, 5) is 30.2. The van der Waals surface area contributed by atoms with Crippen LogP contribution in [0, 0.1) is 18.8 Å². The monoisotopic (exact) mass is 300 g/mol. The number of hydrogen-bond acceptors (Lipinski definition) is 4. The van der Waals surface area contributed by atoms with Gasteiger partial charge in [0.2, 0.25) is 11.8 Å². The first-order valence-electron chi connectivity index (χ1n) is 6.91. The number of thiazole rings is 1. The molecule has 1 fully saturated rings. The number of nitrogens with zero attached hydrogens (tertiary/aromatic N) is 2. The third kappa shape index (κ3) is 2.49. The molecule has 1 saturated heterocycles. The second kappa shape index (κ2) is 5.41. The fraction of sp³-hybridized carbons (Fsp3) is 0.312. The SMILES string of the molecule is Cc1ccc(C[C@@H]2C(=O)N(c3nccs3)C(=O)[C@H]2C)cc1. The summed E-state index contributed by atoms with van der Waals surface area (Å²) >= 11 is 1.31. The predicted molar refractivity (Wildman–Crippen MR) is 82.1 cm³/mol. The third-order valence-electron chi connectivity index (χ3n) is 3.94. The minimum atomic E-state index is -0.303. The lowest BCUT2D eigenvalue weighted by Crippen LogP contribution is -2.30. The second-order valence-corrected chi connectivity index (χ2v) is 6.28. The summed E-state index contributed by atoms with van der Waals surface area (Å²) in [6.07, 6.45) is 2.20. The lowest BCUT2D eigenvalue weighted by Gasteiger charge is -2.12. The molecule has 0 spiro atoms. The van der Waals surface area contributed by atoms with Gasteiger partial charge in [0.1, 0.15) is 0 Å². The topological polar surface area (TPSA) is 50.3 Å². The summed E-state index contributed by atoms with van der Waals surface area (Å²) in [6, 6.07) is 8.09. The van der Waals surface area contributed by atoms with Gasteiger partial charge in [0.15, 0.2) is 5.13 Å². The molecule has 2 amide bonds. The average Bonchev–Trinajstić information content (AvgIpc) is 3.05. The van der Waals surface area contributed by atoms with Gasteiger partial charge in [-0.3, -0.25) is 9.59 Å². The zero-order valence-corrected chi connectivity index (χ0v) is 12.8. The van der Waals surface area contributed by atoms with E-state index in [-0.39, 0.29) is 23.7 Å². The molecule has 0 saturated carbocycles. The molecule has 2 heterocycles. The zero-order chi connectivity index (χ0) is 15.0. The van der Waals surface area contributed by atoms with Crippen LogP contribution >= 0.6 is 11.3 Å². The van der Waals surface area contributed by atoms with Crippen molar-refractivity contribution in [3.05, 3.63) is 47.0 Å². The van der Waals surface area contributed by atoms with E-state index in [1.807, 2.05) is 38.1 Å². The molecule has 1 aromatic carbocycles. The highest BCUT2D eigenvalue weighted by molar-refractivity contribution is 7.14. The van der Waals surface area contributed by atoms with Crippen LogP contribution < -0.4 is 4.90 Å². The Morgan fingerprint density at radius 1 is 1.19 bits per heavy atom. The highest BCUT2D eigenvalue weighted by Gasteiger charge is 2.46. The summed E-state index contributed by atoms with van der Waals surface area (Å²) in [6.45, 7) is 3.85. The highest BCUT2D eigenvalue weighted by Crippen LogP contribution is 2.33. The van der Waals surface area contributed by atoms with Gasteiger partial charge in [-0.2, -0.15) is 0 Å². The quantitative estimate of drug-likeness (QED) is 0.819. The van der Waals surface area contributed by atoms with E-state index in [1.54, 1.807) is 11.6 Å². The molecule has 0 aliphatic carbocycles. The molecule has 0 N–H and O–H groups in total. The minimum Gasteiger partial charge on any atom is -0.274 e. The molecular formula is C16H16N2O2S. The van der Waals surface area contributed by atoms with Gasteiger partial charge in [-0.25, -0.2) is 9.88 Å². The Labute approximate surface area is 127 Å². The molecule has 0 bridgehead atoms. The number of imide groups is 1. The van der Waals surface area contributed by atoms with Crippen LogP contribution in [0.15, 0.2) is 35.8 Å².